The molecule has 0 N–H and O–H groups in total. The minimum atomic E-state index is 0.918. The molecule has 0 aliphatic carbocycles. The molecule has 41 heavy (non-hydrogen) atoms. The predicted octanol–water partition coefficient (Wildman–Crippen LogP) is 5.12. The molecule has 5 rings (SSSR count). The Balaban J connectivity index is 0.921. The molecule has 2 aromatic carbocycles. The van der Waals surface area contributed by atoms with Crippen molar-refractivity contribution in [2.75, 3.05) is 0 Å². The van der Waals surface area contributed by atoms with Gasteiger partial charge >= 0.3 is 0 Å². The molecule has 0 saturated heterocycles. The van der Waals surface area contributed by atoms with Crippen LogP contribution in [0.2, 0.25) is 0 Å². The summed E-state index contributed by atoms with van der Waals surface area (Å²) >= 11 is 0. The van der Waals surface area contributed by atoms with Gasteiger partial charge in [0.05, 0.1) is 26.2 Å². The van der Waals surface area contributed by atoms with E-state index in [1.165, 1.54) is 11.1 Å². The average Bonchev–Trinajstić information content (AvgIpc) is 3.76. The maximum absolute atomic E-state index is 2.31. The first-order valence-corrected chi connectivity index (χ1v) is 14.8. The van der Waals surface area contributed by atoms with Gasteiger partial charge in [-0.2, -0.15) is 0 Å². The fourth-order valence-electron chi connectivity index (χ4n) is 4.99. The number of allylic oxidation sites excluding steroid dienone is 4. The smallest absolute Gasteiger partial charge is 0.237 e. The lowest BCUT2D eigenvalue weighted by atomic mass is 10.2. The maximum atomic E-state index is 2.31. The molecule has 0 bridgehead atoms. The van der Waals surface area contributed by atoms with E-state index in [0.29, 0.717) is 0 Å². The van der Waals surface area contributed by atoms with E-state index in [0.717, 1.165) is 65.0 Å². The Morgan fingerprint density at radius 2 is 0.854 bits per heavy atom. The SMILES string of the molecule is C(=CCCn1cc[n+](Cc2ccccc2)c1)CCn1cc[n+](CCC=CCCn2cc[n+](Cc3ccccc3)c2)c1. The minimum absolute atomic E-state index is 0.918. The van der Waals surface area contributed by atoms with Gasteiger partial charge in [0.25, 0.3) is 0 Å². The summed E-state index contributed by atoms with van der Waals surface area (Å²) in [6, 6.07) is 21.2. The second-order valence-electron chi connectivity index (χ2n) is 10.6. The van der Waals surface area contributed by atoms with Crippen molar-refractivity contribution < 1.29 is 13.7 Å². The van der Waals surface area contributed by atoms with Gasteiger partial charge in [-0.05, 0) is 11.1 Å². The van der Waals surface area contributed by atoms with Crippen molar-refractivity contribution in [2.24, 2.45) is 0 Å². The van der Waals surface area contributed by atoms with Crippen LogP contribution in [0.25, 0.3) is 0 Å². The number of hydrogen-bond donors (Lipinski definition) is 0. The largest absolute Gasteiger partial charge is 0.244 e. The molecule has 0 saturated carbocycles. The summed E-state index contributed by atoms with van der Waals surface area (Å²) in [4.78, 5) is 0. The summed E-state index contributed by atoms with van der Waals surface area (Å²) in [5.41, 5.74) is 2.66. The van der Waals surface area contributed by atoms with Crippen molar-refractivity contribution in [3.8, 4) is 0 Å². The van der Waals surface area contributed by atoms with Crippen molar-refractivity contribution >= 4 is 0 Å². The highest BCUT2D eigenvalue weighted by Crippen LogP contribution is 2.01. The Morgan fingerprint density at radius 3 is 1.32 bits per heavy atom. The van der Waals surface area contributed by atoms with Crippen LogP contribution in [-0.2, 0) is 39.3 Å². The summed E-state index contributed by atoms with van der Waals surface area (Å²) in [6.45, 7) is 5.88. The van der Waals surface area contributed by atoms with Crippen LogP contribution in [0.15, 0.2) is 141 Å². The highest BCUT2D eigenvalue weighted by atomic mass is 15.1. The molecule has 0 amide bonds. The molecule has 6 heteroatoms. The molecule has 5 aromatic rings. The molecular formula is C35H43N6+3. The second kappa shape index (κ2) is 15.4. The molecule has 210 valence electrons. The lowest BCUT2D eigenvalue weighted by Gasteiger charge is -1.96. The normalized spacial score (nSPS) is 11.7. The Kier molecular flexibility index (Phi) is 10.5. The van der Waals surface area contributed by atoms with Crippen molar-refractivity contribution in [1.29, 1.82) is 0 Å². The third kappa shape index (κ3) is 9.60. The van der Waals surface area contributed by atoms with Gasteiger partial charge in [-0.3, -0.25) is 0 Å². The predicted molar refractivity (Wildman–Crippen MR) is 162 cm³/mol. The van der Waals surface area contributed by atoms with Crippen LogP contribution < -0.4 is 13.7 Å². The first kappa shape index (κ1) is 28.1. The lowest BCUT2D eigenvalue weighted by molar-refractivity contribution is -0.695. The molecule has 0 radical (unpaired) electrons. The van der Waals surface area contributed by atoms with E-state index in [-0.39, 0.29) is 0 Å². The van der Waals surface area contributed by atoms with Crippen molar-refractivity contribution in [1.82, 2.24) is 13.7 Å². The van der Waals surface area contributed by atoms with E-state index in [9.17, 15) is 0 Å². The summed E-state index contributed by atoms with van der Waals surface area (Å²) in [5, 5.41) is 0. The average molecular weight is 548 g/mol. The quantitative estimate of drug-likeness (QED) is 0.121. The van der Waals surface area contributed by atoms with E-state index < -0.39 is 0 Å². The molecular weight excluding hydrogens is 504 g/mol. The molecule has 0 spiro atoms. The molecule has 0 aliphatic rings. The number of rotatable bonds is 16. The van der Waals surface area contributed by atoms with E-state index >= 15 is 0 Å². The fourth-order valence-corrected chi connectivity index (χ4v) is 4.99. The third-order valence-corrected chi connectivity index (χ3v) is 7.20. The standard InChI is InChI=1S/C35H43N6/c1(3-13-21-38-25-27-40(32-38)29-34-15-7-5-8-16-34)11-19-36-23-24-37(31-36)20-12-2-4-14-22-39-26-28-41(33-39)30-35-17-9-6-10-18-35/h1-10,15-18,23-28,31-33H,11-14,19-22,29-30H2/q+3. The van der Waals surface area contributed by atoms with Gasteiger partial charge in [-0.25, -0.2) is 27.4 Å². The number of imidazole rings is 3. The van der Waals surface area contributed by atoms with E-state index in [2.05, 4.69) is 169 Å². The first-order valence-electron chi connectivity index (χ1n) is 14.8. The summed E-state index contributed by atoms with van der Waals surface area (Å²) in [6.07, 6.45) is 33.0. The first-order chi connectivity index (χ1) is 20.3. The van der Waals surface area contributed by atoms with Gasteiger partial charge in [-0.1, -0.05) is 85.0 Å². The topological polar surface area (TPSA) is 26.4 Å². The van der Waals surface area contributed by atoms with Gasteiger partial charge < -0.3 is 0 Å². The highest BCUT2D eigenvalue weighted by Gasteiger charge is 2.05. The number of aromatic nitrogens is 6. The Bertz CT molecular complexity index is 1380. The van der Waals surface area contributed by atoms with Crippen LogP contribution in [0.1, 0.15) is 36.8 Å². The number of hydrogen-bond acceptors (Lipinski definition) is 0. The van der Waals surface area contributed by atoms with Crippen LogP contribution in [0.3, 0.4) is 0 Å². The highest BCUT2D eigenvalue weighted by molar-refractivity contribution is 5.13. The van der Waals surface area contributed by atoms with Crippen LogP contribution in [0, 0.1) is 0 Å². The lowest BCUT2D eigenvalue weighted by Crippen LogP contribution is -2.31. The minimum Gasteiger partial charge on any atom is -0.237 e. The van der Waals surface area contributed by atoms with Gasteiger partial charge in [0.2, 0.25) is 19.0 Å². The zero-order valence-electron chi connectivity index (χ0n) is 24.0. The summed E-state index contributed by atoms with van der Waals surface area (Å²) in [7, 11) is 0. The molecule has 0 atom stereocenters. The van der Waals surface area contributed by atoms with Gasteiger partial charge in [0, 0.05) is 25.7 Å². The van der Waals surface area contributed by atoms with E-state index in [1.54, 1.807) is 0 Å². The van der Waals surface area contributed by atoms with Crippen LogP contribution in [0.5, 0.6) is 0 Å². The third-order valence-electron chi connectivity index (χ3n) is 7.20. The summed E-state index contributed by atoms with van der Waals surface area (Å²) < 4.78 is 13.6. The number of benzene rings is 2. The maximum Gasteiger partial charge on any atom is 0.244 e. The van der Waals surface area contributed by atoms with Gasteiger partial charge in [0.1, 0.15) is 50.3 Å². The fraction of sp³-hybridized carbons (Fsp3) is 0.286. The second-order valence-corrected chi connectivity index (χ2v) is 10.6. The zero-order chi connectivity index (χ0) is 28.0. The molecule has 3 heterocycles. The monoisotopic (exact) mass is 547 g/mol. The Hall–Kier alpha value is -4.45. The molecule has 0 fully saturated rings. The van der Waals surface area contributed by atoms with Crippen molar-refractivity contribution in [3.05, 3.63) is 152 Å². The molecule has 3 aromatic heterocycles. The van der Waals surface area contributed by atoms with Crippen LogP contribution in [0.4, 0.5) is 0 Å². The van der Waals surface area contributed by atoms with E-state index in [1.807, 2.05) is 0 Å². The Labute approximate surface area is 244 Å². The molecule has 0 aliphatic heterocycles. The number of aryl methyl sites for hydroxylation is 4. The molecule has 0 unspecified atom stereocenters. The molecule has 6 nitrogen and oxygen atoms in total. The van der Waals surface area contributed by atoms with Gasteiger partial charge in [0.15, 0.2) is 0 Å². The number of nitrogens with zero attached hydrogens (tertiary/aromatic N) is 6. The van der Waals surface area contributed by atoms with Crippen LogP contribution >= 0.6 is 0 Å². The van der Waals surface area contributed by atoms with Crippen LogP contribution in [-0.4, -0.2) is 13.7 Å². The van der Waals surface area contributed by atoms with E-state index in [4.69, 9.17) is 0 Å². The summed E-state index contributed by atoms with van der Waals surface area (Å²) in [5.74, 6) is 0. The van der Waals surface area contributed by atoms with Crippen molar-refractivity contribution in [2.45, 2.75) is 65.0 Å². The van der Waals surface area contributed by atoms with Gasteiger partial charge in [-0.15, -0.1) is 0 Å². The Morgan fingerprint density at radius 1 is 0.463 bits per heavy atom. The zero-order valence-corrected chi connectivity index (χ0v) is 24.0. The van der Waals surface area contributed by atoms with Crippen molar-refractivity contribution in [3.63, 3.8) is 0 Å².